The van der Waals surface area contributed by atoms with Crippen molar-refractivity contribution >= 4 is 29.1 Å². The SMILES string of the molecule is Cc1cc(SCC=CCl)ccc1N. The van der Waals surface area contributed by atoms with Gasteiger partial charge in [-0.1, -0.05) is 17.7 Å². The molecule has 0 fully saturated rings. The maximum atomic E-state index is 5.70. The number of nitrogens with two attached hydrogens (primary N) is 1. The molecule has 0 saturated heterocycles. The Labute approximate surface area is 88.0 Å². The highest BCUT2D eigenvalue weighted by atomic mass is 35.5. The third-order valence-electron chi connectivity index (χ3n) is 1.68. The van der Waals surface area contributed by atoms with Gasteiger partial charge in [-0.2, -0.15) is 0 Å². The molecular weight excluding hydrogens is 202 g/mol. The van der Waals surface area contributed by atoms with E-state index in [0.717, 1.165) is 17.0 Å². The van der Waals surface area contributed by atoms with Gasteiger partial charge in [-0.15, -0.1) is 11.8 Å². The quantitative estimate of drug-likeness (QED) is 0.615. The zero-order valence-electron chi connectivity index (χ0n) is 7.46. The van der Waals surface area contributed by atoms with Gasteiger partial charge in [0.2, 0.25) is 0 Å². The van der Waals surface area contributed by atoms with Crippen molar-refractivity contribution in [3.8, 4) is 0 Å². The van der Waals surface area contributed by atoms with Gasteiger partial charge in [-0.25, -0.2) is 0 Å². The van der Waals surface area contributed by atoms with E-state index in [1.807, 2.05) is 25.1 Å². The number of thioether (sulfide) groups is 1. The summed E-state index contributed by atoms with van der Waals surface area (Å²) < 4.78 is 0. The van der Waals surface area contributed by atoms with Crippen LogP contribution in [0.5, 0.6) is 0 Å². The minimum atomic E-state index is 0.845. The Kier molecular flexibility index (Phi) is 4.19. The lowest BCUT2D eigenvalue weighted by molar-refractivity contribution is 1.36. The van der Waals surface area contributed by atoms with Gasteiger partial charge < -0.3 is 5.73 Å². The maximum Gasteiger partial charge on any atom is 0.0344 e. The Morgan fingerprint density at radius 2 is 2.31 bits per heavy atom. The second-order valence-electron chi connectivity index (χ2n) is 2.69. The second-order valence-corrected chi connectivity index (χ2v) is 4.04. The topological polar surface area (TPSA) is 26.0 Å². The van der Waals surface area contributed by atoms with Crippen molar-refractivity contribution in [3.63, 3.8) is 0 Å². The van der Waals surface area contributed by atoms with Crippen LogP contribution in [0, 0.1) is 6.92 Å². The number of hydrogen-bond acceptors (Lipinski definition) is 2. The molecule has 1 nitrogen and oxygen atoms in total. The number of hydrogen-bond donors (Lipinski definition) is 1. The molecule has 1 aromatic rings. The van der Waals surface area contributed by atoms with Gasteiger partial charge in [0.05, 0.1) is 0 Å². The molecule has 70 valence electrons. The molecule has 0 aliphatic carbocycles. The predicted molar refractivity (Wildman–Crippen MR) is 61.3 cm³/mol. The number of aryl methyl sites for hydroxylation is 1. The highest BCUT2D eigenvalue weighted by Gasteiger charge is 1.95. The molecule has 0 unspecified atom stereocenters. The smallest absolute Gasteiger partial charge is 0.0344 e. The molecule has 0 aromatic heterocycles. The molecule has 0 heterocycles. The van der Waals surface area contributed by atoms with E-state index in [1.165, 1.54) is 10.4 Å². The van der Waals surface area contributed by atoms with Crippen molar-refractivity contribution in [2.45, 2.75) is 11.8 Å². The first-order chi connectivity index (χ1) is 6.24. The lowest BCUT2D eigenvalue weighted by Crippen LogP contribution is -1.88. The Bertz CT molecular complexity index is 310. The molecule has 0 amide bonds. The summed E-state index contributed by atoms with van der Waals surface area (Å²) >= 11 is 7.15. The maximum absolute atomic E-state index is 5.70. The van der Waals surface area contributed by atoms with Crippen molar-refractivity contribution in [2.75, 3.05) is 11.5 Å². The lowest BCUT2D eigenvalue weighted by Gasteiger charge is -2.02. The molecule has 0 aliphatic rings. The summed E-state index contributed by atoms with van der Waals surface area (Å²) in [5, 5.41) is 0. The molecule has 0 spiro atoms. The number of halogens is 1. The summed E-state index contributed by atoms with van der Waals surface area (Å²) in [4.78, 5) is 1.22. The van der Waals surface area contributed by atoms with Crippen LogP contribution in [0.3, 0.4) is 0 Å². The van der Waals surface area contributed by atoms with Crippen molar-refractivity contribution in [1.29, 1.82) is 0 Å². The first kappa shape index (κ1) is 10.5. The minimum Gasteiger partial charge on any atom is -0.399 e. The van der Waals surface area contributed by atoms with Crippen molar-refractivity contribution < 1.29 is 0 Å². The van der Waals surface area contributed by atoms with Crippen molar-refractivity contribution in [2.24, 2.45) is 0 Å². The molecule has 2 N–H and O–H groups in total. The number of rotatable bonds is 3. The monoisotopic (exact) mass is 213 g/mol. The van der Waals surface area contributed by atoms with Gasteiger partial charge in [0.25, 0.3) is 0 Å². The Hall–Kier alpha value is -0.600. The Morgan fingerprint density at radius 1 is 1.54 bits per heavy atom. The number of nitrogen functional groups attached to an aromatic ring is 1. The molecule has 0 bridgehead atoms. The minimum absolute atomic E-state index is 0.845. The standard InChI is InChI=1S/C10H12ClNS/c1-8-7-9(3-4-10(8)12)13-6-2-5-11/h2-5,7H,6,12H2,1H3. The summed E-state index contributed by atoms with van der Waals surface area (Å²) in [6.45, 7) is 2.01. The molecule has 0 saturated carbocycles. The summed E-state index contributed by atoms with van der Waals surface area (Å²) in [5.41, 5.74) is 9.21. The largest absolute Gasteiger partial charge is 0.399 e. The van der Waals surface area contributed by atoms with E-state index in [1.54, 1.807) is 11.8 Å². The Balaban J connectivity index is 2.63. The van der Waals surface area contributed by atoms with Crippen LogP contribution < -0.4 is 5.73 Å². The third-order valence-corrected chi connectivity index (χ3v) is 2.80. The number of anilines is 1. The van der Waals surface area contributed by atoms with Crippen LogP contribution in [-0.2, 0) is 0 Å². The van der Waals surface area contributed by atoms with Gasteiger partial charge in [0.15, 0.2) is 0 Å². The van der Waals surface area contributed by atoms with Gasteiger partial charge in [-0.3, -0.25) is 0 Å². The lowest BCUT2D eigenvalue weighted by atomic mass is 10.2. The zero-order chi connectivity index (χ0) is 9.68. The van der Waals surface area contributed by atoms with Gasteiger partial charge in [-0.05, 0) is 30.7 Å². The van der Waals surface area contributed by atoms with E-state index in [-0.39, 0.29) is 0 Å². The molecule has 0 radical (unpaired) electrons. The van der Waals surface area contributed by atoms with E-state index in [9.17, 15) is 0 Å². The van der Waals surface area contributed by atoms with Crippen LogP contribution in [0.15, 0.2) is 34.7 Å². The highest BCUT2D eigenvalue weighted by Crippen LogP contribution is 2.22. The van der Waals surface area contributed by atoms with Crippen LogP contribution in [0.25, 0.3) is 0 Å². The highest BCUT2D eigenvalue weighted by molar-refractivity contribution is 7.99. The van der Waals surface area contributed by atoms with Gasteiger partial charge in [0, 0.05) is 21.9 Å². The first-order valence-electron chi connectivity index (χ1n) is 3.98. The van der Waals surface area contributed by atoms with Gasteiger partial charge >= 0.3 is 0 Å². The van der Waals surface area contributed by atoms with Gasteiger partial charge in [0.1, 0.15) is 0 Å². The fourth-order valence-corrected chi connectivity index (χ4v) is 1.92. The van der Waals surface area contributed by atoms with E-state index in [0.29, 0.717) is 0 Å². The second kappa shape index (κ2) is 5.20. The molecule has 3 heteroatoms. The van der Waals surface area contributed by atoms with E-state index >= 15 is 0 Å². The van der Waals surface area contributed by atoms with E-state index in [4.69, 9.17) is 17.3 Å². The fourth-order valence-electron chi connectivity index (χ4n) is 0.919. The predicted octanol–water partition coefficient (Wildman–Crippen LogP) is 3.42. The average Bonchev–Trinajstić information content (AvgIpc) is 2.12. The summed E-state index contributed by atoms with van der Waals surface area (Å²) in [6, 6.07) is 6.04. The molecule has 1 aromatic carbocycles. The van der Waals surface area contributed by atoms with E-state index in [2.05, 4.69) is 6.07 Å². The van der Waals surface area contributed by atoms with Crippen molar-refractivity contribution in [1.82, 2.24) is 0 Å². The number of benzene rings is 1. The summed E-state index contributed by atoms with van der Waals surface area (Å²) in [6.07, 6.45) is 1.91. The summed E-state index contributed by atoms with van der Waals surface area (Å²) in [7, 11) is 0. The molecule has 0 atom stereocenters. The van der Waals surface area contributed by atoms with E-state index < -0.39 is 0 Å². The van der Waals surface area contributed by atoms with Crippen LogP contribution >= 0.6 is 23.4 Å². The molecule has 1 rings (SSSR count). The third kappa shape index (κ3) is 3.33. The molecule has 0 aliphatic heterocycles. The normalized spacial score (nSPS) is 10.9. The Morgan fingerprint density at radius 3 is 2.92 bits per heavy atom. The van der Waals surface area contributed by atoms with Crippen LogP contribution in [-0.4, -0.2) is 5.75 Å². The molecular formula is C10H12ClNS. The molecule has 13 heavy (non-hydrogen) atoms. The first-order valence-corrected chi connectivity index (χ1v) is 5.40. The van der Waals surface area contributed by atoms with Crippen molar-refractivity contribution in [3.05, 3.63) is 35.4 Å². The zero-order valence-corrected chi connectivity index (χ0v) is 9.03. The van der Waals surface area contributed by atoms with Crippen LogP contribution in [0.2, 0.25) is 0 Å². The average molecular weight is 214 g/mol. The van der Waals surface area contributed by atoms with Crippen LogP contribution in [0.1, 0.15) is 5.56 Å². The fraction of sp³-hybridized carbons (Fsp3) is 0.200. The summed E-state index contributed by atoms with van der Waals surface area (Å²) in [5.74, 6) is 0.896. The van der Waals surface area contributed by atoms with Crippen LogP contribution in [0.4, 0.5) is 5.69 Å².